The van der Waals surface area contributed by atoms with E-state index in [1.54, 1.807) is 6.92 Å². The van der Waals surface area contributed by atoms with Crippen LogP contribution in [-0.2, 0) is 19.1 Å². The van der Waals surface area contributed by atoms with Gasteiger partial charge in [0.25, 0.3) is 0 Å². The molecule has 23 heavy (non-hydrogen) atoms. The Kier molecular flexibility index (Phi) is 7.90. The molecule has 134 valence electrons. The Bertz CT molecular complexity index is 438. The summed E-state index contributed by atoms with van der Waals surface area (Å²) < 4.78 is 66.5. The van der Waals surface area contributed by atoms with E-state index in [4.69, 9.17) is 0 Å². The molecule has 1 amide bonds. The van der Waals surface area contributed by atoms with Crippen molar-refractivity contribution in [3.63, 3.8) is 0 Å². The van der Waals surface area contributed by atoms with Crippen LogP contribution < -0.4 is 10.4 Å². The second-order valence-corrected chi connectivity index (χ2v) is 4.53. The van der Waals surface area contributed by atoms with E-state index in [0.717, 1.165) is 0 Å². The number of carboxylic acids is 1. The number of hydrogen-bond acceptors (Lipinski definition) is 5. The molecule has 1 unspecified atom stereocenters. The van der Waals surface area contributed by atoms with Crippen LogP contribution in [0.25, 0.3) is 0 Å². The van der Waals surface area contributed by atoms with Gasteiger partial charge in [-0.2, -0.15) is 22.0 Å². The summed E-state index contributed by atoms with van der Waals surface area (Å²) in [6, 6.07) is -1.95. The van der Waals surface area contributed by atoms with E-state index in [9.17, 15) is 41.4 Å². The highest BCUT2D eigenvalue weighted by atomic mass is 19.4. The summed E-state index contributed by atoms with van der Waals surface area (Å²) in [5.41, 5.74) is 0. The van der Waals surface area contributed by atoms with Crippen molar-refractivity contribution in [1.29, 1.82) is 0 Å². The van der Waals surface area contributed by atoms with Crippen LogP contribution in [0.2, 0.25) is 0 Å². The third-order valence-electron chi connectivity index (χ3n) is 2.61. The summed E-state index contributed by atoms with van der Waals surface area (Å²) in [6.07, 6.45) is -6.73. The summed E-state index contributed by atoms with van der Waals surface area (Å²) in [5, 5.41) is 11.5. The predicted octanol–water partition coefficient (Wildman–Crippen LogP) is 0.542. The fraction of sp³-hybridized carbons (Fsp3) is 0.750. The normalized spacial score (nSPS) is 13.3. The van der Waals surface area contributed by atoms with Crippen LogP contribution >= 0.6 is 0 Å². The Morgan fingerprint density at radius 1 is 1.17 bits per heavy atom. The lowest BCUT2D eigenvalue weighted by atomic mass is 10.1. The molecule has 0 saturated carbocycles. The van der Waals surface area contributed by atoms with E-state index < -0.39 is 48.8 Å². The lowest BCUT2D eigenvalue weighted by Gasteiger charge is -2.23. The molecule has 0 radical (unpaired) electrons. The Morgan fingerprint density at radius 2 is 1.74 bits per heavy atom. The minimum atomic E-state index is -6.15. The molecular weight excluding hydrogens is 333 g/mol. The van der Waals surface area contributed by atoms with Gasteiger partial charge in [0.2, 0.25) is 0 Å². The average molecular weight is 348 g/mol. The van der Waals surface area contributed by atoms with Crippen molar-refractivity contribution in [2.24, 2.45) is 0 Å². The van der Waals surface area contributed by atoms with E-state index >= 15 is 0 Å². The van der Waals surface area contributed by atoms with Crippen LogP contribution in [-0.4, -0.2) is 42.6 Å². The zero-order chi connectivity index (χ0) is 18.3. The van der Waals surface area contributed by atoms with Gasteiger partial charge in [-0.15, -0.1) is 0 Å². The van der Waals surface area contributed by atoms with Crippen LogP contribution in [0.4, 0.5) is 22.0 Å². The molecule has 0 heterocycles. The summed E-state index contributed by atoms with van der Waals surface area (Å²) in [7, 11) is 0. The van der Waals surface area contributed by atoms with E-state index in [1.807, 2.05) is 0 Å². The van der Waals surface area contributed by atoms with E-state index in [-0.39, 0.29) is 6.61 Å². The zero-order valence-electron chi connectivity index (χ0n) is 12.0. The molecule has 0 fully saturated rings. The van der Waals surface area contributed by atoms with Crippen molar-refractivity contribution in [1.82, 2.24) is 5.32 Å². The van der Waals surface area contributed by atoms with Gasteiger partial charge in [0.1, 0.15) is 6.04 Å². The number of carbonyl (C=O) groups excluding carboxylic acids is 3. The Labute approximate surface area is 128 Å². The molecule has 6 nitrogen and oxygen atoms in total. The third kappa shape index (κ3) is 6.78. The molecule has 1 atom stereocenters. The number of alkyl halides is 5. The van der Waals surface area contributed by atoms with Crippen LogP contribution in [0.3, 0.4) is 0 Å². The summed E-state index contributed by atoms with van der Waals surface area (Å²) in [4.78, 5) is 32.9. The van der Waals surface area contributed by atoms with Crippen LogP contribution in [0.15, 0.2) is 0 Å². The minimum absolute atomic E-state index is 0.150. The van der Waals surface area contributed by atoms with E-state index in [1.165, 1.54) is 5.32 Å². The fourth-order valence-corrected chi connectivity index (χ4v) is 1.31. The number of carboxylic acid groups (broad SMARTS) is 1. The van der Waals surface area contributed by atoms with Crippen molar-refractivity contribution >= 4 is 17.8 Å². The van der Waals surface area contributed by atoms with Crippen molar-refractivity contribution in [3.8, 4) is 0 Å². The Morgan fingerprint density at radius 3 is 2.17 bits per heavy atom. The highest BCUT2D eigenvalue weighted by Crippen LogP contribution is 2.35. The number of halogens is 5. The lowest BCUT2D eigenvalue weighted by Crippen LogP contribution is -2.55. The van der Waals surface area contributed by atoms with Crippen LogP contribution in [0, 0.1) is 0 Å². The first-order chi connectivity index (χ1) is 10.4. The quantitative estimate of drug-likeness (QED) is 0.373. The maximum Gasteiger partial charge on any atom is 0.463 e. The maximum atomic E-state index is 12.8. The molecule has 0 aromatic heterocycles. The number of aliphatic carboxylic acids is 1. The van der Waals surface area contributed by atoms with E-state index in [0.29, 0.717) is 12.8 Å². The van der Waals surface area contributed by atoms with Crippen molar-refractivity contribution in [2.45, 2.75) is 50.7 Å². The SMILES string of the molecule is CCCCOC(=O)C(CCC(=O)[O-])NC(=O)C(F)(F)C(F)(F)F. The topological polar surface area (TPSA) is 95.5 Å². The van der Waals surface area contributed by atoms with Crippen LogP contribution in [0.1, 0.15) is 32.6 Å². The Balaban J connectivity index is 4.96. The number of unbranched alkanes of at least 4 members (excludes halogenated alkanes) is 1. The number of ether oxygens (including phenoxy) is 1. The first-order valence-corrected chi connectivity index (χ1v) is 6.55. The van der Waals surface area contributed by atoms with Gasteiger partial charge in [-0.25, -0.2) is 4.79 Å². The van der Waals surface area contributed by atoms with Crippen LogP contribution in [0.5, 0.6) is 0 Å². The van der Waals surface area contributed by atoms with Crippen molar-refractivity contribution < 1.29 is 46.2 Å². The van der Waals surface area contributed by atoms with Gasteiger partial charge in [-0.05, 0) is 19.3 Å². The molecule has 11 heteroatoms. The highest BCUT2D eigenvalue weighted by molar-refractivity contribution is 5.89. The molecule has 0 aromatic rings. The standard InChI is InChI=1S/C12H16F5NO5/c1-2-3-6-23-9(21)7(4-5-8(19)20)18-10(22)11(13,14)12(15,16)17/h7H,2-6H2,1H3,(H,18,22)(H,19,20)/p-1. The lowest BCUT2D eigenvalue weighted by molar-refractivity contribution is -0.305. The molecule has 0 aromatic carbocycles. The molecule has 0 spiro atoms. The average Bonchev–Trinajstić information content (AvgIpc) is 2.41. The van der Waals surface area contributed by atoms with Crippen molar-refractivity contribution in [3.05, 3.63) is 0 Å². The summed E-state index contributed by atoms with van der Waals surface area (Å²) in [6.45, 7) is 1.59. The number of nitrogens with one attached hydrogen (secondary N) is 1. The second-order valence-electron chi connectivity index (χ2n) is 4.53. The number of carbonyl (C=O) groups is 3. The molecule has 0 aliphatic carbocycles. The van der Waals surface area contributed by atoms with Gasteiger partial charge in [0.05, 0.1) is 6.61 Å². The Hall–Kier alpha value is -1.94. The molecule has 0 saturated heterocycles. The zero-order valence-corrected chi connectivity index (χ0v) is 12.0. The van der Waals surface area contributed by atoms with Gasteiger partial charge in [-0.3, -0.25) is 4.79 Å². The predicted molar refractivity (Wildman–Crippen MR) is 63.0 cm³/mol. The first-order valence-electron chi connectivity index (χ1n) is 6.55. The number of amides is 1. The van der Waals surface area contributed by atoms with Gasteiger partial charge < -0.3 is 20.0 Å². The first kappa shape index (κ1) is 21.1. The molecule has 0 rings (SSSR count). The van der Waals surface area contributed by atoms with Gasteiger partial charge in [0.15, 0.2) is 0 Å². The smallest absolute Gasteiger partial charge is 0.463 e. The van der Waals surface area contributed by atoms with Gasteiger partial charge >= 0.3 is 24.0 Å². The molecule has 0 bridgehead atoms. The number of esters is 1. The summed E-state index contributed by atoms with van der Waals surface area (Å²) in [5.74, 6) is -11.5. The largest absolute Gasteiger partial charge is 0.550 e. The fourth-order valence-electron chi connectivity index (χ4n) is 1.31. The monoisotopic (exact) mass is 348 g/mol. The molecule has 0 aliphatic rings. The number of hydrogen-bond donors (Lipinski definition) is 1. The molecule has 0 aliphatic heterocycles. The van der Waals surface area contributed by atoms with Gasteiger partial charge in [-0.1, -0.05) is 13.3 Å². The number of rotatable bonds is 9. The van der Waals surface area contributed by atoms with Gasteiger partial charge in [0, 0.05) is 5.97 Å². The second kappa shape index (κ2) is 8.63. The van der Waals surface area contributed by atoms with E-state index in [2.05, 4.69) is 4.74 Å². The third-order valence-corrected chi connectivity index (χ3v) is 2.61. The van der Waals surface area contributed by atoms with Crippen molar-refractivity contribution in [2.75, 3.05) is 6.61 Å². The highest BCUT2D eigenvalue weighted by Gasteiger charge is 2.63. The maximum absolute atomic E-state index is 12.8. The summed E-state index contributed by atoms with van der Waals surface area (Å²) >= 11 is 0. The molecule has 1 N–H and O–H groups in total. The molecular formula is C12H15F5NO5-. The minimum Gasteiger partial charge on any atom is -0.550 e.